The minimum atomic E-state index is -3.82. The highest BCUT2D eigenvalue weighted by atomic mass is 31.2. The van der Waals surface area contributed by atoms with Crippen LogP contribution in [0.1, 0.15) is 25.3 Å². The molecule has 0 aliphatic rings. The smallest absolute Gasteiger partial charge is 0.360 e. The molecule has 0 bridgehead atoms. The Hall–Kier alpha value is -1.49. The van der Waals surface area contributed by atoms with Gasteiger partial charge in [-0.2, -0.15) is 0 Å². The van der Waals surface area contributed by atoms with Crippen molar-refractivity contribution in [2.45, 2.75) is 19.8 Å². The van der Waals surface area contributed by atoms with Gasteiger partial charge in [0.2, 0.25) is 5.91 Å². The average Bonchev–Trinajstić information content (AvgIpc) is 2.97. The van der Waals surface area contributed by atoms with Crippen LogP contribution in [0.25, 0.3) is 11.4 Å². The van der Waals surface area contributed by atoms with E-state index in [0.29, 0.717) is 11.4 Å². The van der Waals surface area contributed by atoms with Gasteiger partial charge in [-0.15, -0.1) is 0 Å². The van der Waals surface area contributed by atoms with E-state index in [1.54, 1.807) is 38.2 Å². The molecule has 2 rings (SSSR count). The van der Waals surface area contributed by atoms with E-state index in [1.807, 2.05) is 6.07 Å². The van der Waals surface area contributed by atoms with Crippen molar-refractivity contribution in [2.75, 3.05) is 13.2 Å². The summed E-state index contributed by atoms with van der Waals surface area (Å²) >= 11 is 0. The zero-order valence-corrected chi connectivity index (χ0v) is 12.8. The number of pyridine rings is 1. The first kappa shape index (κ1) is 15.9. The number of hydrogen-bond acceptors (Lipinski definition) is 4. The first-order chi connectivity index (χ1) is 10.1. The van der Waals surface area contributed by atoms with Crippen LogP contribution in [0.3, 0.4) is 0 Å². The van der Waals surface area contributed by atoms with Gasteiger partial charge in [-0.25, -0.2) is 4.39 Å². The van der Waals surface area contributed by atoms with Crippen LogP contribution in [-0.2, 0) is 13.6 Å². The normalized spacial score (nSPS) is 13.3. The highest BCUT2D eigenvalue weighted by molar-refractivity contribution is 7.54. The van der Waals surface area contributed by atoms with Crippen LogP contribution in [0.4, 0.5) is 4.39 Å². The first-order valence-electron chi connectivity index (χ1n) is 6.73. The molecule has 0 fully saturated rings. The van der Waals surface area contributed by atoms with E-state index in [0.717, 1.165) is 0 Å². The third-order valence-electron chi connectivity index (χ3n) is 2.82. The lowest BCUT2D eigenvalue weighted by molar-refractivity contribution is 0.190. The third kappa shape index (κ3) is 3.59. The summed E-state index contributed by atoms with van der Waals surface area (Å²) in [4.78, 5) is 7.10. The molecule has 1 atom stereocenters. The van der Waals surface area contributed by atoms with E-state index in [4.69, 9.17) is 9.05 Å². The number of hydrogen-bond donors (Lipinski definition) is 1. The number of nitrogens with zero attached hydrogens (tertiary/aromatic N) is 1. The molecule has 0 saturated heterocycles. The summed E-state index contributed by atoms with van der Waals surface area (Å²) in [6, 6.07) is 7.00. The van der Waals surface area contributed by atoms with Crippen LogP contribution in [0.5, 0.6) is 0 Å². The molecule has 0 radical (unpaired) electrons. The number of halogens is 1. The largest absolute Gasteiger partial charge is 0.369 e. The fourth-order valence-electron chi connectivity index (χ4n) is 1.93. The van der Waals surface area contributed by atoms with Gasteiger partial charge < -0.3 is 14.0 Å². The summed E-state index contributed by atoms with van der Waals surface area (Å²) in [5.74, 6) is -1.83. The van der Waals surface area contributed by atoms with E-state index >= 15 is 0 Å². The van der Waals surface area contributed by atoms with Gasteiger partial charge in [0.05, 0.1) is 24.6 Å². The zero-order valence-electron chi connectivity index (χ0n) is 12.0. The summed E-state index contributed by atoms with van der Waals surface area (Å²) < 4.78 is 37.0. The molecule has 0 aliphatic heterocycles. The zero-order chi connectivity index (χ0) is 15.3. The molecule has 114 valence electrons. The van der Waals surface area contributed by atoms with Gasteiger partial charge in [0, 0.05) is 18.0 Å². The number of H-pyrrole nitrogens is 1. The van der Waals surface area contributed by atoms with E-state index in [9.17, 15) is 8.96 Å². The minimum absolute atomic E-state index is 0.120. The Morgan fingerprint density at radius 1 is 1.33 bits per heavy atom. The fourth-order valence-corrected chi connectivity index (χ4v) is 3.50. The molecule has 0 aliphatic carbocycles. The topological polar surface area (TPSA) is 64.2 Å². The Labute approximate surface area is 123 Å². The lowest BCUT2D eigenvalue weighted by Crippen LogP contribution is -2.02. The van der Waals surface area contributed by atoms with Gasteiger partial charge in [-0.1, -0.05) is 6.07 Å². The summed E-state index contributed by atoms with van der Waals surface area (Å²) in [7, 11) is -3.82. The maximum absolute atomic E-state index is 14.5. The SMILES string of the molecule is CCOP(=O)(OCC)C(F)c1c[nH]c(-c2ccccn2)c1. The Balaban J connectivity index is 2.26. The average molecular weight is 312 g/mol. The Morgan fingerprint density at radius 3 is 2.62 bits per heavy atom. The molecular formula is C14H18FN2O3P. The van der Waals surface area contributed by atoms with E-state index in [1.165, 1.54) is 6.20 Å². The van der Waals surface area contributed by atoms with Gasteiger partial charge in [-0.05, 0) is 32.0 Å². The van der Waals surface area contributed by atoms with Crippen LogP contribution < -0.4 is 0 Å². The van der Waals surface area contributed by atoms with E-state index in [2.05, 4.69) is 9.97 Å². The molecule has 7 heteroatoms. The molecule has 5 nitrogen and oxygen atoms in total. The van der Waals surface area contributed by atoms with Crippen LogP contribution in [0, 0.1) is 0 Å². The monoisotopic (exact) mass is 312 g/mol. The standard InChI is InChI=1S/C14H18FN2O3P/c1-3-19-21(18,20-4-2)14(15)11-9-13(17-10-11)12-7-5-6-8-16-12/h5-10,14,17H,3-4H2,1-2H3. The Kier molecular flexibility index (Phi) is 5.28. The van der Waals surface area contributed by atoms with Crippen molar-refractivity contribution in [3.8, 4) is 11.4 Å². The molecule has 2 heterocycles. The molecule has 0 spiro atoms. The number of aromatic amines is 1. The third-order valence-corrected chi connectivity index (χ3v) is 4.91. The molecule has 0 amide bonds. The van der Waals surface area contributed by atoms with Crippen molar-refractivity contribution in [3.63, 3.8) is 0 Å². The molecule has 1 N–H and O–H groups in total. The van der Waals surface area contributed by atoms with Gasteiger partial charge in [0.15, 0.2) is 0 Å². The number of alkyl halides is 1. The van der Waals surface area contributed by atoms with Crippen molar-refractivity contribution >= 4 is 7.60 Å². The number of aromatic nitrogens is 2. The Bertz CT molecular complexity index is 608. The van der Waals surface area contributed by atoms with Crippen molar-refractivity contribution in [1.29, 1.82) is 0 Å². The van der Waals surface area contributed by atoms with Gasteiger partial charge in [0.1, 0.15) is 0 Å². The van der Waals surface area contributed by atoms with Crippen molar-refractivity contribution in [2.24, 2.45) is 0 Å². The number of rotatable bonds is 7. The first-order valence-corrected chi connectivity index (χ1v) is 8.34. The van der Waals surface area contributed by atoms with Crippen LogP contribution >= 0.6 is 7.60 Å². The molecule has 1 unspecified atom stereocenters. The van der Waals surface area contributed by atoms with Crippen molar-refractivity contribution in [3.05, 3.63) is 42.2 Å². The predicted molar refractivity (Wildman–Crippen MR) is 78.7 cm³/mol. The van der Waals surface area contributed by atoms with Crippen molar-refractivity contribution in [1.82, 2.24) is 9.97 Å². The molecule has 2 aromatic rings. The number of nitrogens with one attached hydrogen (secondary N) is 1. The second-order valence-electron chi connectivity index (χ2n) is 4.27. The van der Waals surface area contributed by atoms with Crippen LogP contribution in [0.2, 0.25) is 0 Å². The van der Waals surface area contributed by atoms with Crippen LogP contribution in [0.15, 0.2) is 36.7 Å². The van der Waals surface area contributed by atoms with Gasteiger partial charge in [0.25, 0.3) is 0 Å². The summed E-state index contributed by atoms with van der Waals surface area (Å²) in [5.41, 5.74) is 1.55. The molecular weight excluding hydrogens is 294 g/mol. The van der Waals surface area contributed by atoms with E-state index in [-0.39, 0.29) is 18.8 Å². The fraction of sp³-hybridized carbons (Fsp3) is 0.357. The molecule has 21 heavy (non-hydrogen) atoms. The van der Waals surface area contributed by atoms with Crippen LogP contribution in [-0.4, -0.2) is 23.2 Å². The highest BCUT2D eigenvalue weighted by Crippen LogP contribution is 2.61. The molecule has 0 aromatic carbocycles. The minimum Gasteiger partial charge on any atom is -0.360 e. The van der Waals surface area contributed by atoms with Gasteiger partial charge in [-0.3, -0.25) is 9.55 Å². The maximum atomic E-state index is 14.5. The lowest BCUT2D eigenvalue weighted by atomic mass is 10.2. The van der Waals surface area contributed by atoms with Crippen molar-refractivity contribution < 1.29 is 18.0 Å². The Morgan fingerprint density at radius 2 is 2.05 bits per heavy atom. The second kappa shape index (κ2) is 6.98. The van der Waals surface area contributed by atoms with E-state index < -0.39 is 13.5 Å². The lowest BCUT2D eigenvalue weighted by Gasteiger charge is -2.19. The van der Waals surface area contributed by atoms with Gasteiger partial charge >= 0.3 is 7.60 Å². The summed E-state index contributed by atoms with van der Waals surface area (Å²) in [6.45, 7) is 3.54. The maximum Gasteiger partial charge on any atom is 0.369 e. The summed E-state index contributed by atoms with van der Waals surface area (Å²) in [5, 5.41) is 0. The highest BCUT2D eigenvalue weighted by Gasteiger charge is 2.37. The summed E-state index contributed by atoms with van der Waals surface area (Å²) in [6.07, 6.45) is 3.10. The quantitative estimate of drug-likeness (QED) is 0.774. The predicted octanol–water partition coefficient (Wildman–Crippen LogP) is 4.31. The molecule has 2 aromatic heterocycles. The second-order valence-corrected chi connectivity index (χ2v) is 6.32. The molecule has 0 saturated carbocycles.